The molecule has 3 aromatic carbocycles. The van der Waals surface area contributed by atoms with Gasteiger partial charge in [-0.25, -0.2) is 0 Å². The summed E-state index contributed by atoms with van der Waals surface area (Å²) < 4.78 is 0. The van der Waals surface area contributed by atoms with Crippen LogP contribution in [0.25, 0.3) is 0 Å². The summed E-state index contributed by atoms with van der Waals surface area (Å²) in [6.45, 7) is 0.00977. The molecular weight excluding hydrogens is 330 g/mol. The lowest BCUT2D eigenvalue weighted by Gasteiger charge is -2.13. The molecule has 1 amide bonds. The van der Waals surface area contributed by atoms with Crippen molar-refractivity contribution >= 4 is 17.7 Å². The number of aliphatic hydroxyl groups excluding tert-OH is 1. The van der Waals surface area contributed by atoms with E-state index in [0.29, 0.717) is 12.0 Å². The molecule has 0 heterocycles. The van der Waals surface area contributed by atoms with Crippen molar-refractivity contribution in [2.45, 2.75) is 22.8 Å². The van der Waals surface area contributed by atoms with E-state index in [2.05, 4.69) is 12.1 Å². The Bertz CT molecular complexity index is 892. The lowest BCUT2D eigenvalue weighted by Crippen LogP contribution is -2.13. The zero-order valence-corrected chi connectivity index (χ0v) is 14.5. The van der Waals surface area contributed by atoms with Gasteiger partial charge in [0, 0.05) is 15.4 Å². The Labute approximate surface area is 151 Å². The summed E-state index contributed by atoms with van der Waals surface area (Å²) in [4.78, 5) is 13.8. The van der Waals surface area contributed by atoms with E-state index in [9.17, 15) is 9.90 Å². The van der Waals surface area contributed by atoms with Gasteiger partial charge in [-0.3, -0.25) is 4.79 Å². The molecule has 0 saturated heterocycles. The fourth-order valence-electron chi connectivity index (χ4n) is 2.72. The second-order valence-corrected chi connectivity index (χ2v) is 6.76. The monoisotopic (exact) mass is 349 g/mol. The molecule has 0 unspecified atom stereocenters. The molecule has 0 aliphatic carbocycles. The number of hydrogen-bond acceptors (Lipinski definition) is 3. The van der Waals surface area contributed by atoms with Crippen molar-refractivity contribution in [3.05, 3.63) is 95.1 Å². The average molecular weight is 349 g/mol. The summed E-state index contributed by atoms with van der Waals surface area (Å²) in [6, 6.07) is 23.3. The van der Waals surface area contributed by atoms with Gasteiger partial charge in [-0.2, -0.15) is 0 Å². The lowest BCUT2D eigenvalue weighted by molar-refractivity contribution is 0.0999. The molecule has 0 fully saturated rings. The smallest absolute Gasteiger partial charge is 0.248 e. The summed E-state index contributed by atoms with van der Waals surface area (Å²) in [5, 5.41) is 9.53. The highest BCUT2D eigenvalue weighted by atomic mass is 32.2. The summed E-state index contributed by atoms with van der Waals surface area (Å²) >= 11 is 1.62. The molecule has 0 aliphatic heterocycles. The molecule has 0 aliphatic rings. The van der Waals surface area contributed by atoms with Gasteiger partial charge in [-0.15, -0.1) is 0 Å². The first kappa shape index (κ1) is 17.3. The second kappa shape index (κ2) is 8.01. The lowest BCUT2D eigenvalue weighted by atomic mass is 9.99. The summed E-state index contributed by atoms with van der Waals surface area (Å²) in [6.07, 6.45) is 0.629. The number of benzene rings is 3. The highest BCUT2D eigenvalue weighted by Crippen LogP contribution is 2.34. The molecule has 0 atom stereocenters. The number of rotatable bonds is 6. The highest BCUT2D eigenvalue weighted by molar-refractivity contribution is 7.99. The first-order chi connectivity index (χ1) is 12.2. The zero-order chi connectivity index (χ0) is 17.6. The molecule has 25 heavy (non-hydrogen) atoms. The van der Waals surface area contributed by atoms with E-state index >= 15 is 0 Å². The van der Waals surface area contributed by atoms with Gasteiger partial charge in [0.1, 0.15) is 0 Å². The number of primary amides is 1. The largest absolute Gasteiger partial charge is 0.392 e. The van der Waals surface area contributed by atoms with Crippen LogP contribution in [-0.4, -0.2) is 11.0 Å². The van der Waals surface area contributed by atoms with Crippen LogP contribution in [-0.2, 0) is 13.0 Å². The molecule has 0 radical (unpaired) electrons. The van der Waals surface area contributed by atoms with Crippen molar-refractivity contribution in [3.8, 4) is 0 Å². The van der Waals surface area contributed by atoms with Crippen molar-refractivity contribution in [3.63, 3.8) is 0 Å². The van der Waals surface area contributed by atoms with Crippen LogP contribution in [0.2, 0.25) is 0 Å². The van der Waals surface area contributed by atoms with E-state index in [4.69, 9.17) is 5.73 Å². The zero-order valence-electron chi connectivity index (χ0n) is 13.7. The molecule has 3 rings (SSSR count). The fraction of sp³-hybridized carbons (Fsp3) is 0.0952. The number of amides is 1. The summed E-state index contributed by atoms with van der Waals surface area (Å²) in [5.74, 6) is -0.411. The van der Waals surface area contributed by atoms with Crippen molar-refractivity contribution < 1.29 is 9.90 Å². The third-order valence-electron chi connectivity index (χ3n) is 4.00. The number of carbonyl (C=O) groups excluding carboxylic acids is 1. The molecule has 3 aromatic rings. The standard InChI is InChI=1S/C21H19NO2S/c22-21(24)18-10-4-1-7-15(18)13-16-8-2-5-11-19(16)25-20-12-6-3-9-17(20)14-23/h1-12,23H,13-14H2,(H2,22,24). The van der Waals surface area contributed by atoms with Gasteiger partial charge in [0.05, 0.1) is 6.61 Å². The Kier molecular flexibility index (Phi) is 5.53. The second-order valence-electron chi connectivity index (χ2n) is 5.67. The van der Waals surface area contributed by atoms with Crippen molar-refractivity contribution in [2.24, 2.45) is 5.73 Å². The summed E-state index contributed by atoms with van der Waals surface area (Å²) in [5.41, 5.74) is 8.99. The molecule has 0 bridgehead atoms. The van der Waals surface area contributed by atoms with Crippen LogP contribution < -0.4 is 5.73 Å². The van der Waals surface area contributed by atoms with Crippen LogP contribution in [0.4, 0.5) is 0 Å². The van der Waals surface area contributed by atoms with Gasteiger partial charge < -0.3 is 10.8 Å². The topological polar surface area (TPSA) is 63.3 Å². The first-order valence-corrected chi connectivity index (χ1v) is 8.83. The van der Waals surface area contributed by atoms with Gasteiger partial charge in [-0.1, -0.05) is 66.4 Å². The average Bonchev–Trinajstić information content (AvgIpc) is 2.64. The van der Waals surface area contributed by atoms with E-state index in [1.54, 1.807) is 17.8 Å². The van der Waals surface area contributed by atoms with E-state index in [0.717, 1.165) is 26.5 Å². The van der Waals surface area contributed by atoms with Gasteiger partial charge in [0.2, 0.25) is 5.91 Å². The highest BCUT2D eigenvalue weighted by Gasteiger charge is 2.11. The quantitative estimate of drug-likeness (QED) is 0.706. The minimum absolute atomic E-state index is 0.00977. The van der Waals surface area contributed by atoms with Gasteiger partial charge in [0.25, 0.3) is 0 Å². The van der Waals surface area contributed by atoms with Crippen LogP contribution in [0.3, 0.4) is 0 Å². The molecule has 4 heteroatoms. The maximum Gasteiger partial charge on any atom is 0.248 e. The first-order valence-electron chi connectivity index (χ1n) is 8.01. The molecule has 0 aromatic heterocycles. The van der Waals surface area contributed by atoms with E-state index in [-0.39, 0.29) is 6.61 Å². The molecule has 3 N–H and O–H groups in total. The number of nitrogens with two attached hydrogens (primary N) is 1. The summed E-state index contributed by atoms with van der Waals surface area (Å²) in [7, 11) is 0. The minimum atomic E-state index is -0.411. The maximum absolute atomic E-state index is 11.7. The third-order valence-corrected chi connectivity index (χ3v) is 5.24. The van der Waals surface area contributed by atoms with E-state index < -0.39 is 5.91 Å². The normalized spacial score (nSPS) is 10.6. The Morgan fingerprint density at radius 1 is 0.800 bits per heavy atom. The van der Waals surface area contributed by atoms with E-state index in [1.807, 2.05) is 54.6 Å². The van der Waals surface area contributed by atoms with Crippen molar-refractivity contribution in [1.29, 1.82) is 0 Å². The number of hydrogen-bond donors (Lipinski definition) is 2. The maximum atomic E-state index is 11.7. The Morgan fingerprint density at radius 2 is 1.32 bits per heavy atom. The van der Waals surface area contributed by atoms with Crippen LogP contribution in [0.15, 0.2) is 82.6 Å². The van der Waals surface area contributed by atoms with Crippen LogP contribution in [0.5, 0.6) is 0 Å². The van der Waals surface area contributed by atoms with E-state index in [1.165, 1.54) is 0 Å². The number of carbonyl (C=O) groups is 1. The Hall–Kier alpha value is -2.56. The molecule has 0 saturated carbocycles. The van der Waals surface area contributed by atoms with Crippen LogP contribution in [0.1, 0.15) is 27.0 Å². The Morgan fingerprint density at radius 3 is 1.96 bits per heavy atom. The predicted octanol–water partition coefficient (Wildman–Crippen LogP) is 4.02. The molecule has 0 spiro atoms. The van der Waals surface area contributed by atoms with Crippen molar-refractivity contribution in [1.82, 2.24) is 0 Å². The van der Waals surface area contributed by atoms with Gasteiger partial charge in [0.15, 0.2) is 0 Å². The van der Waals surface area contributed by atoms with Crippen molar-refractivity contribution in [2.75, 3.05) is 0 Å². The fourth-order valence-corrected chi connectivity index (χ4v) is 3.79. The molecule has 126 valence electrons. The van der Waals surface area contributed by atoms with Crippen LogP contribution in [0, 0.1) is 0 Å². The SMILES string of the molecule is NC(=O)c1ccccc1Cc1ccccc1Sc1ccccc1CO. The van der Waals surface area contributed by atoms with Crippen LogP contribution >= 0.6 is 11.8 Å². The Balaban J connectivity index is 1.93. The number of aliphatic hydroxyl groups is 1. The van der Waals surface area contributed by atoms with Gasteiger partial charge >= 0.3 is 0 Å². The van der Waals surface area contributed by atoms with Gasteiger partial charge in [-0.05, 0) is 41.3 Å². The third kappa shape index (κ3) is 4.10. The minimum Gasteiger partial charge on any atom is -0.392 e. The molecular formula is C21H19NO2S. The molecule has 3 nitrogen and oxygen atoms in total. The predicted molar refractivity (Wildman–Crippen MR) is 101 cm³/mol.